The molecule has 1 rings (SSSR count). The minimum absolute atomic E-state index is 0.595. The maximum Gasteiger partial charge on any atom is 0.119 e. The van der Waals surface area contributed by atoms with E-state index in [4.69, 9.17) is 9.47 Å². The normalized spacial score (nSPS) is 11.2. The second kappa shape index (κ2) is 13.1. The minimum atomic E-state index is 0.595. The first-order chi connectivity index (χ1) is 11.7. The van der Waals surface area contributed by atoms with Gasteiger partial charge < -0.3 is 20.1 Å². The summed E-state index contributed by atoms with van der Waals surface area (Å²) in [5, 5.41) is 6.99. The molecule has 24 heavy (non-hydrogen) atoms. The van der Waals surface area contributed by atoms with Crippen LogP contribution < -0.4 is 20.1 Å². The van der Waals surface area contributed by atoms with Crippen molar-refractivity contribution in [2.45, 2.75) is 65.5 Å². The average molecular weight is 337 g/mol. The van der Waals surface area contributed by atoms with Gasteiger partial charge in [0.1, 0.15) is 24.7 Å². The molecule has 0 fully saturated rings. The van der Waals surface area contributed by atoms with E-state index in [1.807, 2.05) is 24.3 Å². The molecule has 0 atom stereocenters. The molecule has 138 valence electrons. The molecule has 0 unspecified atom stereocenters. The Labute approximate surface area is 148 Å². The Bertz CT molecular complexity index is 362. The van der Waals surface area contributed by atoms with E-state index >= 15 is 0 Å². The van der Waals surface area contributed by atoms with Gasteiger partial charge in [0.25, 0.3) is 0 Å². The van der Waals surface area contributed by atoms with Crippen molar-refractivity contribution in [3.05, 3.63) is 24.3 Å². The highest BCUT2D eigenvalue weighted by molar-refractivity contribution is 5.31. The summed E-state index contributed by atoms with van der Waals surface area (Å²) in [6, 6.07) is 9.08. The molecular weight excluding hydrogens is 300 g/mol. The Morgan fingerprint density at radius 2 is 1.00 bits per heavy atom. The zero-order valence-electron chi connectivity index (χ0n) is 15.9. The molecule has 1 aromatic rings. The third-order valence-corrected chi connectivity index (χ3v) is 4.40. The summed E-state index contributed by atoms with van der Waals surface area (Å²) >= 11 is 0. The van der Waals surface area contributed by atoms with Crippen molar-refractivity contribution in [3.63, 3.8) is 0 Å². The Kier molecular flexibility index (Phi) is 11.3. The Morgan fingerprint density at radius 3 is 1.29 bits per heavy atom. The zero-order valence-corrected chi connectivity index (χ0v) is 15.9. The lowest BCUT2D eigenvalue weighted by molar-refractivity contribution is 0.295. The summed E-state index contributed by atoms with van der Waals surface area (Å²) < 4.78 is 11.5. The topological polar surface area (TPSA) is 42.5 Å². The number of hydrogen-bond acceptors (Lipinski definition) is 4. The van der Waals surface area contributed by atoms with E-state index in [0.717, 1.165) is 50.3 Å². The third kappa shape index (κ3) is 8.55. The summed E-state index contributed by atoms with van der Waals surface area (Å²) in [6.45, 7) is 12.0. The van der Waals surface area contributed by atoms with Crippen LogP contribution in [0.5, 0.6) is 11.5 Å². The van der Waals surface area contributed by atoms with E-state index in [9.17, 15) is 0 Å². The van der Waals surface area contributed by atoms with Gasteiger partial charge in [0, 0.05) is 25.2 Å². The summed E-state index contributed by atoms with van der Waals surface area (Å²) in [5.41, 5.74) is 0. The van der Waals surface area contributed by atoms with Crippen molar-refractivity contribution in [1.29, 1.82) is 0 Å². The zero-order chi connectivity index (χ0) is 17.6. The average Bonchev–Trinajstić information content (AvgIpc) is 2.63. The van der Waals surface area contributed by atoms with Crippen LogP contribution >= 0.6 is 0 Å². The number of nitrogens with one attached hydrogen (secondary N) is 2. The second-order valence-corrected chi connectivity index (χ2v) is 6.10. The van der Waals surface area contributed by atoms with E-state index in [1.165, 1.54) is 0 Å². The molecule has 0 aliphatic carbocycles. The van der Waals surface area contributed by atoms with Gasteiger partial charge >= 0.3 is 0 Å². The van der Waals surface area contributed by atoms with Crippen LogP contribution in [-0.2, 0) is 0 Å². The highest BCUT2D eigenvalue weighted by Gasteiger charge is 2.03. The first kappa shape index (κ1) is 20.8. The van der Waals surface area contributed by atoms with Crippen molar-refractivity contribution in [2.75, 3.05) is 26.3 Å². The quantitative estimate of drug-likeness (QED) is 0.504. The maximum atomic E-state index is 5.76. The SMILES string of the molecule is CCC(CC)NCCOc1ccc(OCCNC(CC)CC)cc1. The van der Waals surface area contributed by atoms with Gasteiger partial charge in [-0.2, -0.15) is 0 Å². The molecule has 1 aromatic carbocycles. The molecule has 0 aromatic heterocycles. The largest absolute Gasteiger partial charge is 0.492 e. The van der Waals surface area contributed by atoms with E-state index in [0.29, 0.717) is 25.3 Å². The molecule has 4 nitrogen and oxygen atoms in total. The number of ether oxygens (including phenoxy) is 2. The molecule has 0 heterocycles. The molecule has 0 spiro atoms. The number of hydrogen-bond donors (Lipinski definition) is 2. The summed E-state index contributed by atoms with van der Waals surface area (Å²) in [5.74, 6) is 1.78. The molecule has 0 saturated heterocycles. The van der Waals surface area contributed by atoms with Crippen LogP contribution in [0.3, 0.4) is 0 Å². The summed E-state index contributed by atoms with van der Waals surface area (Å²) in [6.07, 6.45) is 4.65. The van der Waals surface area contributed by atoms with E-state index < -0.39 is 0 Å². The van der Waals surface area contributed by atoms with Crippen LogP contribution in [0.25, 0.3) is 0 Å². The highest BCUT2D eigenvalue weighted by Crippen LogP contribution is 2.17. The molecule has 0 amide bonds. The van der Waals surface area contributed by atoms with Gasteiger partial charge in [-0.15, -0.1) is 0 Å². The fraction of sp³-hybridized carbons (Fsp3) is 0.700. The van der Waals surface area contributed by atoms with Crippen molar-refractivity contribution in [3.8, 4) is 11.5 Å². The molecule has 0 aliphatic heterocycles. The minimum Gasteiger partial charge on any atom is -0.492 e. The van der Waals surface area contributed by atoms with Crippen molar-refractivity contribution in [1.82, 2.24) is 10.6 Å². The van der Waals surface area contributed by atoms with Crippen LogP contribution in [0.2, 0.25) is 0 Å². The van der Waals surface area contributed by atoms with E-state index in [-0.39, 0.29) is 0 Å². The van der Waals surface area contributed by atoms with Gasteiger partial charge in [-0.05, 0) is 49.9 Å². The van der Waals surface area contributed by atoms with Crippen LogP contribution in [0, 0.1) is 0 Å². The predicted octanol–water partition coefficient (Wildman–Crippen LogP) is 4.00. The van der Waals surface area contributed by atoms with Crippen LogP contribution in [-0.4, -0.2) is 38.4 Å². The van der Waals surface area contributed by atoms with Gasteiger partial charge in [0.2, 0.25) is 0 Å². The lowest BCUT2D eigenvalue weighted by atomic mass is 10.2. The Morgan fingerprint density at radius 1 is 0.667 bits per heavy atom. The Balaban J connectivity index is 2.18. The van der Waals surface area contributed by atoms with E-state index in [1.54, 1.807) is 0 Å². The number of benzene rings is 1. The molecule has 0 aliphatic rings. The van der Waals surface area contributed by atoms with Gasteiger partial charge in [0.05, 0.1) is 0 Å². The molecule has 4 heteroatoms. The fourth-order valence-electron chi connectivity index (χ4n) is 2.65. The molecule has 0 saturated carbocycles. The van der Waals surface area contributed by atoms with Crippen molar-refractivity contribution >= 4 is 0 Å². The third-order valence-electron chi connectivity index (χ3n) is 4.40. The van der Waals surface area contributed by atoms with Crippen molar-refractivity contribution in [2.24, 2.45) is 0 Å². The van der Waals surface area contributed by atoms with Crippen LogP contribution in [0.4, 0.5) is 0 Å². The first-order valence-corrected chi connectivity index (χ1v) is 9.55. The predicted molar refractivity (Wildman–Crippen MR) is 102 cm³/mol. The Hall–Kier alpha value is -1.26. The lowest BCUT2D eigenvalue weighted by Gasteiger charge is -2.15. The lowest BCUT2D eigenvalue weighted by Crippen LogP contribution is -2.31. The second-order valence-electron chi connectivity index (χ2n) is 6.10. The first-order valence-electron chi connectivity index (χ1n) is 9.55. The molecule has 2 N–H and O–H groups in total. The monoisotopic (exact) mass is 336 g/mol. The van der Waals surface area contributed by atoms with E-state index in [2.05, 4.69) is 38.3 Å². The molecular formula is C20H36N2O2. The van der Waals surface area contributed by atoms with Crippen molar-refractivity contribution < 1.29 is 9.47 Å². The molecule has 0 bridgehead atoms. The van der Waals surface area contributed by atoms with Gasteiger partial charge in [-0.1, -0.05) is 27.7 Å². The smallest absolute Gasteiger partial charge is 0.119 e. The van der Waals surface area contributed by atoms with Crippen LogP contribution in [0.15, 0.2) is 24.3 Å². The highest BCUT2D eigenvalue weighted by atomic mass is 16.5. The van der Waals surface area contributed by atoms with Crippen LogP contribution in [0.1, 0.15) is 53.4 Å². The number of rotatable bonds is 14. The standard InChI is InChI=1S/C20H36N2O2/c1-5-17(6-2)21-13-15-23-19-9-11-20(12-10-19)24-16-14-22-18(7-3)8-4/h9-12,17-18,21-22H,5-8,13-16H2,1-4H3. The summed E-state index contributed by atoms with van der Waals surface area (Å²) in [4.78, 5) is 0. The van der Waals surface area contributed by atoms with Gasteiger partial charge in [-0.25, -0.2) is 0 Å². The van der Waals surface area contributed by atoms with Gasteiger partial charge in [-0.3, -0.25) is 0 Å². The molecule has 0 radical (unpaired) electrons. The fourth-order valence-corrected chi connectivity index (χ4v) is 2.65. The van der Waals surface area contributed by atoms with Gasteiger partial charge in [0.15, 0.2) is 0 Å². The summed E-state index contributed by atoms with van der Waals surface area (Å²) in [7, 11) is 0. The maximum absolute atomic E-state index is 5.76.